The van der Waals surface area contributed by atoms with E-state index < -0.39 is 0 Å². The van der Waals surface area contributed by atoms with Crippen LogP contribution in [-0.4, -0.2) is 67.4 Å². The Labute approximate surface area is 88.4 Å². The average molecular weight is 199 g/mol. The lowest BCUT2D eigenvalue weighted by Gasteiger charge is -1.90. The SMILES string of the molecule is C.CN1C=[N+](C)CC1.C[N+]1=CCCC1. The maximum absolute atomic E-state index is 2.24. The highest BCUT2D eigenvalue weighted by molar-refractivity contribution is 5.52. The fourth-order valence-electron chi connectivity index (χ4n) is 1.51. The standard InChI is InChI=1S/C5H11N2.C5H10N.CH4/c1-6-3-4-7(2)5-6;1-6-4-2-3-5-6;/h5H,3-4H2,1-2H3;4H,2-3,5H2,1H3;1H4/q2*+1;. The van der Waals surface area contributed by atoms with Crippen LogP contribution in [-0.2, 0) is 0 Å². The molecule has 0 N–H and O–H groups in total. The van der Waals surface area contributed by atoms with Crippen molar-refractivity contribution in [3.8, 4) is 0 Å². The Morgan fingerprint density at radius 3 is 2.00 bits per heavy atom. The molecule has 0 spiro atoms. The van der Waals surface area contributed by atoms with E-state index in [1.165, 1.54) is 32.5 Å². The minimum absolute atomic E-state index is 0. The summed E-state index contributed by atoms with van der Waals surface area (Å²) in [6, 6.07) is 0. The van der Waals surface area contributed by atoms with Crippen LogP contribution >= 0.6 is 0 Å². The van der Waals surface area contributed by atoms with Crippen LogP contribution in [0.25, 0.3) is 0 Å². The predicted octanol–water partition coefficient (Wildman–Crippen LogP) is 0.732. The lowest BCUT2D eigenvalue weighted by molar-refractivity contribution is -0.484. The summed E-state index contributed by atoms with van der Waals surface area (Å²) in [6.45, 7) is 3.62. The minimum atomic E-state index is 0. The molecular formula is C11H25N3+2. The van der Waals surface area contributed by atoms with Crippen LogP contribution < -0.4 is 0 Å². The van der Waals surface area contributed by atoms with Crippen LogP contribution in [0, 0.1) is 0 Å². The summed E-state index contributed by atoms with van der Waals surface area (Å²) in [5.41, 5.74) is 0. The molecule has 0 aromatic carbocycles. The third kappa shape index (κ3) is 5.00. The van der Waals surface area contributed by atoms with Gasteiger partial charge in [0.05, 0.1) is 14.1 Å². The largest absolute Gasteiger partial charge is 0.267 e. The zero-order valence-electron chi connectivity index (χ0n) is 9.03. The Morgan fingerprint density at radius 2 is 1.86 bits per heavy atom. The highest BCUT2D eigenvalue weighted by atomic mass is 15.2. The van der Waals surface area contributed by atoms with Gasteiger partial charge in [0.25, 0.3) is 0 Å². The first-order valence-corrected chi connectivity index (χ1v) is 4.97. The summed E-state index contributed by atoms with van der Waals surface area (Å²) in [5.74, 6) is 0. The lowest BCUT2D eigenvalue weighted by Crippen LogP contribution is -2.11. The molecule has 0 amide bonds. The van der Waals surface area contributed by atoms with Crippen molar-refractivity contribution in [3.05, 3.63) is 0 Å². The van der Waals surface area contributed by atoms with E-state index >= 15 is 0 Å². The molecule has 0 unspecified atom stereocenters. The summed E-state index contributed by atoms with van der Waals surface area (Å²) in [7, 11) is 6.29. The number of nitrogens with zero attached hydrogens (tertiary/aromatic N) is 3. The maximum Gasteiger partial charge on any atom is 0.233 e. The van der Waals surface area contributed by atoms with Gasteiger partial charge in [-0.1, -0.05) is 7.43 Å². The number of rotatable bonds is 0. The Morgan fingerprint density at radius 1 is 1.14 bits per heavy atom. The van der Waals surface area contributed by atoms with E-state index in [0.717, 1.165) is 0 Å². The predicted molar refractivity (Wildman–Crippen MR) is 62.8 cm³/mol. The molecule has 0 saturated heterocycles. The van der Waals surface area contributed by atoms with Gasteiger partial charge < -0.3 is 0 Å². The smallest absolute Gasteiger partial charge is 0.233 e. The maximum atomic E-state index is 2.24. The Balaban J connectivity index is 0.000000227. The minimum Gasteiger partial charge on any atom is -0.267 e. The van der Waals surface area contributed by atoms with Gasteiger partial charge in [-0.15, -0.1) is 0 Å². The van der Waals surface area contributed by atoms with Crippen molar-refractivity contribution in [1.29, 1.82) is 0 Å². The molecule has 3 nitrogen and oxygen atoms in total. The molecule has 2 aliphatic heterocycles. The Bertz CT molecular complexity index is 219. The molecule has 2 heterocycles. The molecule has 0 aliphatic carbocycles. The highest BCUT2D eigenvalue weighted by Gasteiger charge is 2.08. The summed E-state index contributed by atoms with van der Waals surface area (Å²) < 4.78 is 4.42. The van der Waals surface area contributed by atoms with Crippen LogP contribution in [0.2, 0.25) is 0 Å². The third-order valence-electron chi connectivity index (χ3n) is 2.36. The monoisotopic (exact) mass is 199 g/mol. The van der Waals surface area contributed by atoms with Crippen LogP contribution in [0.15, 0.2) is 0 Å². The van der Waals surface area contributed by atoms with Gasteiger partial charge in [-0.3, -0.25) is 9.48 Å². The summed E-state index contributed by atoms with van der Waals surface area (Å²) >= 11 is 0. The van der Waals surface area contributed by atoms with Crippen molar-refractivity contribution in [2.24, 2.45) is 0 Å². The van der Waals surface area contributed by atoms with Gasteiger partial charge in [-0.05, 0) is 0 Å². The molecule has 0 bridgehead atoms. The van der Waals surface area contributed by atoms with Crippen LogP contribution in [0.5, 0.6) is 0 Å². The molecule has 0 aromatic heterocycles. The molecule has 0 atom stereocenters. The zero-order valence-corrected chi connectivity index (χ0v) is 9.03. The molecule has 82 valence electrons. The normalized spacial score (nSPS) is 19.2. The van der Waals surface area contributed by atoms with Gasteiger partial charge in [0.2, 0.25) is 6.34 Å². The van der Waals surface area contributed by atoms with Gasteiger partial charge in [0, 0.05) is 12.8 Å². The molecular weight excluding hydrogens is 174 g/mol. The number of likely N-dealkylation sites (N-methyl/N-ethyl adjacent to an activating group) is 2. The summed E-state index contributed by atoms with van der Waals surface area (Å²) in [4.78, 5) is 2.18. The Hall–Kier alpha value is -0.860. The van der Waals surface area contributed by atoms with Crippen molar-refractivity contribution in [1.82, 2.24) is 4.90 Å². The molecule has 2 rings (SSSR count). The third-order valence-corrected chi connectivity index (χ3v) is 2.36. The molecule has 3 heteroatoms. The topological polar surface area (TPSA) is 9.26 Å². The van der Waals surface area contributed by atoms with Crippen molar-refractivity contribution >= 4 is 12.6 Å². The summed E-state index contributed by atoms with van der Waals surface area (Å²) in [6.07, 6.45) is 6.99. The van der Waals surface area contributed by atoms with Gasteiger partial charge in [-0.25, -0.2) is 4.58 Å². The second kappa shape index (κ2) is 6.57. The van der Waals surface area contributed by atoms with Gasteiger partial charge >= 0.3 is 0 Å². The second-order valence-corrected chi connectivity index (χ2v) is 3.88. The first kappa shape index (κ1) is 13.1. The van der Waals surface area contributed by atoms with E-state index in [4.69, 9.17) is 0 Å². The van der Waals surface area contributed by atoms with E-state index in [9.17, 15) is 0 Å². The van der Waals surface area contributed by atoms with E-state index in [-0.39, 0.29) is 7.43 Å². The van der Waals surface area contributed by atoms with Gasteiger partial charge in [0.15, 0.2) is 0 Å². The van der Waals surface area contributed by atoms with Gasteiger partial charge in [-0.2, -0.15) is 0 Å². The van der Waals surface area contributed by atoms with E-state index in [1.807, 2.05) is 0 Å². The molecule has 0 saturated carbocycles. The molecule has 14 heavy (non-hydrogen) atoms. The van der Waals surface area contributed by atoms with E-state index in [2.05, 4.69) is 47.7 Å². The first-order chi connectivity index (χ1) is 6.18. The number of hydrogen-bond acceptors (Lipinski definition) is 1. The van der Waals surface area contributed by atoms with Crippen molar-refractivity contribution < 1.29 is 9.15 Å². The van der Waals surface area contributed by atoms with Crippen LogP contribution in [0.3, 0.4) is 0 Å². The molecule has 0 aromatic rings. The Kier molecular flexibility index (Phi) is 6.17. The van der Waals surface area contributed by atoms with Gasteiger partial charge in [0.1, 0.15) is 32.9 Å². The lowest BCUT2D eigenvalue weighted by atomic mass is 10.4. The van der Waals surface area contributed by atoms with E-state index in [0.29, 0.717) is 0 Å². The van der Waals surface area contributed by atoms with Crippen LogP contribution in [0.4, 0.5) is 0 Å². The summed E-state index contributed by atoms with van der Waals surface area (Å²) in [5, 5.41) is 0. The fraction of sp³-hybridized carbons (Fsp3) is 0.818. The molecule has 2 aliphatic rings. The quantitative estimate of drug-likeness (QED) is 0.523. The zero-order chi connectivity index (χ0) is 9.68. The van der Waals surface area contributed by atoms with E-state index in [1.54, 1.807) is 0 Å². The second-order valence-electron chi connectivity index (χ2n) is 3.88. The number of hydrogen-bond donors (Lipinski definition) is 0. The molecule has 0 fully saturated rings. The first-order valence-electron chi connectivity index (χ1n) is 4.97. The van der Waals surface area contributed by atoms with Crippen molar-refractivity contribution in [2.75, 3.05) is 40.8 Å². The molecule has 0 radical (unpaired) electrons. The fourth-order valence-corrected chi connectivity index (χ4v) is 1.51. The highest BCUT2D eigenvalue weighted by Crippen LogP contribution is 1.91. The van der Waals surface area contributed by atoms with Crippen molar-refractivity contribution in [3.63, 3.8) is 0 Å². The van der Waals surface area contributed by atoms with Crippen LogP contribution in [0.1, 0.15) is 20.3 Å². The van der Waals surface area contributed by atoms with Crippen molar-refractivity contribution in [2.45, 2.75) is 20.3 Å². The average Bonchev–Trinajstić information content (AvgIpc) is 2.64.